The van der Waals surface area contributed by atoms with Crippen LogP contribution in [0.3, 0.4) is 0 Å². The van der Waals surface area contributed by atoms with Crippen LogP contribution in [0.25, 0.3) is 0 Å². The fourth-order valence-corrected chi connectivity index (χ4v) is 1.21. The van der Waals surface area contributed by atoms with Crippen molar-refractivity contribution in [1.29, 1.82) is 0 Å². The molecule has 1 aromatic rings. The van der Waals surface area contributed by atoms with Crippen molar-refractivity contribution in [1.82, 2.24) is 0 Å². The van der Waals surface area contributed by atoms with Crippen molar-refractivity contribution in [3.8, 4) is 5.75 Å². The van der Waals surface area contributed by atoms with Gasteiger partial charge >= 0.3 is 0 Å². The summed E-state index contributed by atoms with van der Waals surface area (Å²) in [5, 5.41) is 0. The molecule has 0 spiro atoms. The Hall–Kier alpha value is -1.13. The minimum absolute atomic E-state index is 0.342. The van der Waals surface area contributed by atoms with Crippen LogP contribution in [0.5, 0.6) is 5.75 Å². The fourth-order valence-electron chi connectivity index (χ4n) is 1.21. The molecule has 0 atom stereocenters. The normalized spacial score (nSPS) is 11.5. The summed E-state index contributed by atoms with van der Waals surface area (Å²) in [6.07, 6.45) is 0. The predicted molar refractivity (Wildman–Crippen MR) is 51.3 cm³/mol. The zero-order valence-corrected chi connectivity index (χ0v) is 8.50. The number of hydrogen-bond acceptors (Lipinski definition) is 3. The second kappa shape index (κ2) is 3.94. The maximum absolute atomic E-state index is 13.0. The van der Waals surface area contributed by atoms with Gasteiger partial charge in [0.1, 0.15) is 17.2 Å². The van der Waals surface area contributed by atoms with Gasteiger partial charge in [-0.25, -0.2) is 10.3 Å². The molecule has 0 aromatic heterocycles. The molecule has 78 valence electrons. The van der Waals surface area contributed by atoms with Crippen molar-refractivity contribution in [2.45, 2.75) is 19.4 Å². The molecule has 0 heterocycles. The molecule has 0 aliphatic heterocycles. The lowest BCUT2D eigenvalue weighted by molar-refractivity contribution is -0.0252. The summed E-state index contributed by atoms with van der Waals surface area (Å²) < 4.78 is 18.1. The Morgan fingerprint density at radius 3 is 2.50 bits per heavy atom. The number of benzene rings is 1. The third-order valence-electron chi connectivity index (χ3n) is 2.10. The minimum Gasteiger partial charge on any atom is -0.496 e. The van der Waals surface area contributed by atoms with Crippen molar-refractivity contribution in [2.24, 2.45) is 5.90 Å². The lowest BCUT2D eigenvalue weighted by Gasteiger charge is -2.24. The van der Waals surface area contributed by atoms with E-state index in [1.807, 2.05) is 0 Å². The second-order valence-electron chi connectivity index (χ2n) is 3.47. The Labute approximate surface area is 82.6 Å². The molecule has 0 bridgehead atoms. The monoisotopic (exact) mass is 199 g/mol. The lowest BCUT2D eigenvalue weighted by Crippen LogP contribution is -2.26. The highest BCUT2D eigenvalue weighted by Crippen LogP contribution is 2.31. The molecule has 0 amide bonds. The van der Waals surface area contributed by atoms with Gasteiger partial charge in [-0.15, -0.1) is 0 Å². The molecule has 0 aliphatic carbocycles. The molecule has 1 aromatic carbocycles. The topological polar surface area (TPSA) is 44.5 Å². The van der Waals surface area contributed by atoms with Crippen molar-refractivity contribution in [2.75, 3.05) is 7.11 Å². The van der Waals surface area contributed by atoms with Crippen LogP contribution in [0.2, 0.25) is 0 Å². The molecule has 0 fully saturated rings. The van der Waals surface area contributed by atoms with Gasteiger partial charge in [-0.2, -0.15) is 0 Å². The number of hydrogen-bond donors (Lipinski definition) is 1. The Morgan fingerprint density at radius 1 is 1.36 bits per heavy atom. The van der Waals surface area contributed by atoms with Gasteiger partial charge < -0.3 is 4.74 Å². The first-order valence-electron chi connectivity index (χ1n) is 4.23. The molecular formula is C10H14FNO2. The average molecular weight is 199 g/mol. The quantitative estimate of drug-likeness (QED) is 0.757. The van der Waals surface area contributed by atoms with E-state index in [2.05, 4.69) is 0 Å². The van der Waals surface area contributed by atoms with E-state index in [1.165, 1.54) is 19.2 Å². The molecule has 3 nitrogen and oxygen atoms in total. The van der Waals surface area contributed by atoms with Gasteiger partial charge in [-0.3, -0.25) is 4.84 Å². The number of rotatable bonds is 3. The first-order valence-corrected chi connectivity index (χ1v) is 4.23. The smallest absolute Gasteiger partial charge is 0.125 e. The zero-order chi connectivity index (χ0) is 10.8. The number of halogens is 1. The van der Waals surface area contributed by atoms with Gasteiger partial charge in [-0.1, -0.05) is 0 Å². The molecule has 0 saturated heterocycles. The third-order valence-corrected chi connectivity index (χ3v) is 2.10. The van der Waals surface area contributed by atoms with Crippen LogP contribution in [-0.2, 0) is 10.4 Å². The summed E-state index contributed by atoms with van der Waals surface area (Å²) in [5.74, 6) is 5.35. The van der Waals surface area contributed by atoms with Crippen LogP contribution < -0.4 is 10.6 Å². The standard InChI is InChI=1S/C10H14FNO2/c1-10(2,14-12)8-6-7(11)4-5-9(8)13-3/h4-6H,12H2,1-3H3. The van der Waals surface area contributed by atoms with Crippen molar-refractivity contribution < 1.29 is 14.0 Å². The van der Waals surface area contributed by atoms with E-state index < -0.39 is 5.60 Å². The molecule has 0 saturated carbocycles. The van der Waals surface area contributed by atoms with Gasteiger partial charge in [0, 0.05) is 5.56 Å². The van der Waals surface area contributed by atoms with Gasteiger partial charge in [0.05, 0.1) is 7.11 Å². The predicted octanol–water partition coefficient (Wildman–Crippen LogP) is 1.96. The Morgan fingerprint density at radius 2 is 2.00 bits per heavy atom. The summed E-state index contributed by atoms with van der Waals surface area (Å²) in [7, 11) is 1.52. The summed E-state index contributed by atoms with van der Waals surface area (Å²) in [4.78, 5) is 4.77. The Bertz CT molecular complexity index is 326. The summed E-state index contributed by atoms with van der Waals surface area (Å²) in [5.41, 5.74) is -0.185. The van der Waals surface area contributed by atoms with Crippen molar-refractivity contribution >= 4 is 0 Å². The Kier molecular flexibility index (Phi) is 3.08. The van der Waals surface area contributed by atoms with E-state index in [0.717, 1.165) is 0 Å². The van der Waals surface area contributed by atoms with Crippen molar-refractivity contribution in [3.63, 3.8) is 0 Å². The van der Waals surface area contributed by atoms with Crippen LogP contribution in [-0.4, -0.2) is 7.11 Å². The van der Waals surface area contributed by atoms with E-state index >= 15 is 0 Å². The maximum Gasteiger partial charge on any atom is 0.125 e. The largest absolute Gasteiger partial charge is 0.496 e. The van der Waals surface area contributed by atoms with Crippen LogP contribution in [0.4, 0.5) is 4.39 Å². The first kappa shape index (κ1) is 10.9. The number of methoxy groups -OCH3 is 1. The van der Waals surface area contributed by atoms with Gasteiger partial charge in [-0.05, 0) is 32.0 Å². The first-order chi connectivity index (χ1) is 6.51. The maximum atomic E-state index is 13.0. The highest BCUT2D eigenvalue weighted by Gasteiger charge is 2.25. The molecule has 1 rings (SSSR count). The molecule has 4 heteroatoms. The van der Waals surface area contributed by atoms with E-state index in [9.17, 15) is 4.39 Å². The SMILES string of the molecule is COc1ccc(F)cc1C(C)(C)ON. The third kappa shape index (κ3) is 2.02. The molecule has 2 N–H and O–H groups in total. The van der Waals surface area contributed by atoms with Crippen LogP contribution >= 0.6 is 0 Å². The Balaban J connectivity index is 3.23. The molecule has 0 radical (unpaired) electrons. The molecular weight excluding hydrogens is 185 g/mol. The van der Waals surface area contributed by atoms with E-state index in [0.29, 0.717) is 11.3 Å². The number of nitrogens with two attached hydrogens (primary N) is 1. The van der Waals surface area contributed by atoms with E-state index in [4.69, 9.17) is 15.5 Å². The van der Waals surface area contributed by atoms with Gasteiger partial charge in [0.15, 0.2) is 0 Å². The zero-order valence-electron chi connectivity index (χ0n) is 8.50. The van der Waals surface area contributed by atoms with Crippen molar-refractivity contribution in [3.05, 3.63) is 29.6 Å². The summed E-state index contributed by atoms with van der Waals surface area (Å²) in [6.45, 7) is 3.48. The van der Waals surface area contributed by atoms with Gasteiger partial charge in [0.25, 0.3) is 0 Å². The van der Waals surface area contributed by atoms with E-state index in [-0.39, 0.29) is 5.82 Å². The highest BCUT2D eigenvalue weighted by atomic mass is 19.1. The van der Waals surface area contributed by atoms with Crippen LogP contribution in [0.1, 0.15) is 19.4 Å². The number of ether oxygens (including phenoxy) is 1. The van der Waals surface area contributed by atoms with Crippen LogP contribution in [0, 0.1) is 5.82 Å². The summed E-state index contributed by atoms with van der Waals surface area (Å²) in [6, 6.07) is 4.23. The van der Waals surface area contributed by atoms with Gasteiger partial charge in [0.2, 0.25) is 0 Å². The highest BCUT2D eigenvalue weighted by molar-refractivity contribution is 5.37. The second-order valence-corrected chi connectivity index (χ2v) is 3.47. The lowest BCUT2D eigenvalue weighted by atomic mass is 9.97. The molecule has 0 aliphatic rings. The molecule has 14 heavy (non-hydrogen) atoms. The summed E-state index contributed by atoms with van der Waals surface area (Å²) >= 11 is 0. The van der Waals surface area contributed by atoms with Crippen LogP contribution in [0.15, 0.2) is 18.2 Å². The van der Waals surface area contributed by atoms with E-state index in [1.54, 1.807) is 19.9 Å². The minimum atomic E-state index is -0.770. The fraction of sp³-hybridized carbons (Fsp3) is 0.400. The molecule has 0 unspecified atom stereocenters. The average Bonchev–Trinajstić information content (AvgIpc) is 2.18.